The molecule has 1 aromatic heterocycles. The van der Waals surface area contributed by atoms with Gasteiger partial charge in [-0.15, -0.1) is 0 Å². The van der Waals surface area contributed by atoms with Gasteiger partial charge in [-0.05, 0) is 42.3 Å². The number of pyridine rings is 1. The summed E-state index contributed by atoms with van der Waals surface area (Å²) in [7, 11) is 0. The molecule has 1 fully saturated rings. The minimum absolute atomic E-state index is 0.128. The summed E-state index contributed by atoms with van der Waals surface area (Å²) < 4.78 is 2.05. The highest BCUT2D eigenvalue weighted by Gasteiger charge is 2.23. The Kier molecular flexibility index (Phi) is 4.41. The Morgan fingerprint density at radius 3 is 2.44 bits per heavy atom. The van der Waals surface area contributed by atoms with Crippen LogP contribution in [0.1, 0.15) is 30.0 Å². The number of hydrogen-bond acceptors (Lipinski definition) is 2. The molecule has 4 rings (SSSR count). The van der Waals surface area contributed by atoms with Gasteiger partial charge in [0.1, 0.15) is 0 Å². The standard InChI is InChI=1S/C22H24N2O/c1-17-6-5-9-19-10-11-21(25)24(22(17)19)20-12-14-23(15-13-20)16-18-7-3-2-4-8-18/h2-11,20H,12-16H2,1H3. The molecule has 0 aliphatic carbocycles. The highest BCUT2D eigenvalue weighted by Crippen LogP contribution is 2.27. The molecule has 0 bridgehead atoms. The molecule has 2 heterocycles. The van der Waals surface area contributed by atoms with Crippen LogP contribution in [-0.4, -0.2) is 22.6 Å². The summed E-state index contributed by atoms with van der Waals surface area (Å²) >= 11 is 0. The molecular weight excluding hydrogens is 308 g/mol. The summed E-state index contributed by atoms with van der Waals surface area (Å²) in [6.45, 7) is 5.17. The van der Waals surface area contributed by atoms with E-state index in [0.717, 1.165) is 43.4 Å². The third kappa shape index (κ3) is 3.24. The van der Waals surface area contributed by atoms with E-state index in [1.807, 2.05) is 10.6 Å². The minimum atomic E-state index is 0.128. The Labute approximate surface area is 148 Å². The molecule has 0 spiro atoms. The highest BCUT2D eigenvalue weighted by atomic mass is 16.1. The Hall–Kier alpha value is -2.39. The quantitative estimate of drug-likeness (QED) is 0.720. The van der Waals surface area contributed by atoms with Crippen LogP contribution in [0.3, 0.4) is 0 Å². The number of fused-ring (bicyclic) bond motifs is 1. The molecular formula is C22H24N2O. The molecule has 128 valence electrons. The Morgan fingerprint density at radius 1 is 0.920 bits per heavy atom. The monoisotopic (exact) mass is 332 g/mol. The number of piperidine rings is 1. The van der Waals surface area contributed by atoms with Gasteiger partial charge in [0.25, 0.3) is 5.56 Å². The van der Waals surface area contributed by atoms with Crippen molar-refractivity contribution in [2.24, 2.45) is 0 Å². The number of benzene rings is 2. The van der Waals surface area contributed by atoms with Gasteiger partial charge in [0, 0.05) is 31.7 Å². The second kappa shape index (κ2) is 6.85. The third-order valence-electron chi connectivity index (χ3n) is 5.32. The van der Waals surface area contributed by atoms with Gasteiger partial charge in [-0.2, -0.15) is 0 Å². The normalized spacial score (nSPS) is 16.4. The van der Waals surface area contributed by atoms with Crippen LogP contribution in [0.15, 0.2) is 65.5 Å². The molecule has 0 N–H and O–H groups in total. The number of aromatic nitrogens is 1. The lowest BCUT2D eigenvalue weighted by Gasteiger charge is -2.33. The first-order valence-electron chi connectivity index (χ1n) is 9.09. The Morgan fingerprint density at radius 2 is 1.68 bits per heavy atom. The van der Waals surface area contributed by atoms with E-state index in [0.29, 0.717) is 6.04 Å². The van der Waals surface area contributed by atoms with Crippen molar-refractivity contribution in [3.8, 4) is 0 Å². The number of likely N-dealkylation sites (tertiary alicyclic amines) is 1. The Bertz CT molecular complexity index is 922. The molecule has 2 aromatic carbocycles. The largest absolute Gasteiger partial charge is 0.305 e. The van der Waals surface area contributed by atoms with Crippen molar-refractivity contribution in [1.29, 1.82) is 0 Å². The molecule has 3 heteroatoms. The van der Waals surface area contributed by atoms with Crippen LogP contribution >= 0.6 is 0 Å². The van der Waals surface area contributed by atoms with E-state index in [2.05, 4.69) is 60.4 Å². The molecule has 1 aliphatic rings. The maximum atomic E-state index is 12.6. The van der Waals surface area contributed by atoms with Crippen molar-refractivity contribution in [1.82, 2.24) is 9.47 Å². The van der Waals surface area contributed by atoms with E-state index in [1.165, 1.54) is 11.1 Å². The second-order valence-electron chi connectivity index (χ2n) is 7.05. The first-order valence-corrected chi connectivity index (χ1v) is 9.09. The lowest BCUT2D eigenvalue weighted by Crippen LogP contribution is -2.37. The van der Waals surface area contributed by atoms with Crippen LogP contribution in [0.25, 0.3) is 10.9 Å². The van der Waals surface area contributed by atoms with Crippen LogP contribution in [-0.2, 0) is 6.54 Å². The van der Waals surface area contributed by atoms with Gasteiger partial charge in [-0.1, -0.05) is 48.5 Å². The molecule has 25 heavy (non-hydrogen) atoms. The molecule has 0 unspecified atom stereocenters. The summed E-state index contributed by atoms with van der Waals surface area (Å²) in [5.74, 6) is 0. The molecule has 1 aliphatic heterocycles. The van der Waals surface area contributed by atoms with Crippen molar-refractivity contribution in [2.45, 2.75) is 32.4 Å². The van der Waals surface area contributed by atoms with E-state index in [9.17, 15) is 4.79 Å². The van der Waals surface area contributed by atoms with Gasteiger partial charge in [0.05, 0.1) is 5.52 Å². The maximum Gasteiger partial charge on any atom is 0.251 e. The minimum Gasteiger partial charge on any atom is -0.305 e. The summed E-state index contributed by atoms with van der Waals surface area (Å²) in [5, 5.41) is 1.16. The fraction of sp³-hybridized carbons (Fsp3) is 0.318. The van der Waals surface area contributed by atoms with Crippen molar-refractivity contribution < 1.29 is 0 Å². The van der Waals surface area contributed by atoms with Crippen LogP contribution < -0.4 is 5.56 Å². The lowest BCUT2D eigenvalue weighted by atomic mass is 10.0. The van der Waals surface area contributed by atoms with Crippen molar-refractivity contribution in [2.75, 3.05) is 13.1 Å². The van der Waals surface area contributed by atoms with Gasteiger partial charge in [-0.3, -0.25) is 9.69 Å². The summed E-state index contributed by atoms with van der Waals surface area (Å²) in [5.41, 5.74) is 3.78. The maximum absolute atomic E-state index is 12.6. The molecule has 3 aromatic rings. The number of hydrogen-bond donors (Lipinski definition) is 0. The molecule has 1 saturated heterocycles. The summed E-state index contributed by atoms with van der Waals surface area (Å²) in [6.07, 6.45) is 2.06. The van der Waals surface area contributed by atoms with Gasteiger partial charge >= 0.3 is 0 Å². The predicted octanol–water partition coefficient (Wildman–Crippen LogP) is 4.15. The number of nitrogens with zero attached hydrogens (tertiary/aromatic N) is 2. The third-order valence-corrected chi connectivity index (χ3v) is 5.32. The van der Waals surface area contributed by atoms with E-state index in [-0.39, 0.29) is 5.56 Å². The van der Waals surface area contributed by atoms with Crippen molar-refractivity contribution in [3.63, 3.8) is 0 Å². The zero-order valence-electron chi connectivity index (χ0n) is 14.7. The van der Waals surface area contributed by atoms with Crippen LogP contribution in [0, 0.1) is 6.92 Å². The topological polar surface area (TPSA) is 25.2 Å². The zero-order chi connectivity index (χ0) is 17.2. The van der Waals surface area contributed by atoms with Crippen LogP contribution in [0.5, 0.6) is 0 Å². The molecule has 0 amide bonds. The lowest BCUT2D eigenvalue weighted by molar-refractivity contribution is 0.180. The van der Waals surface area contributed by atoms with E-state index >= 15 is 0 Å². The van der Waals surface area contributed by atoms with Crippen molar-refractivity contribution in [3.05, 3.63) is 82.1 Å². The number of aryl methyl sites for hydroxylation is 1. The van der Waals surface area contributed by atoms with Gasteiger partial charge in [0.2, 0.25) is 0 Å². The first kappa shape index (κ1) is 16.1. The van der Waals surface area contributed by atoms with E-state index in [1.54, 1.807) is 6.07 Å². The number of para-hydroxylation sites is 1. The molecule has 0 saturated carbocycles. The Balaban J connectivity index is 1.56. The van der Waals surface area contributed by atoms with Gasteiger partial charge in [0.15, 0.2) is 0 Å². The average molecular weight is 332 g/mol. The fourth-order valence-corrected chi connectivity index (χ4v) is 4.04. The van der Waals surface area contributed by atoms with Crippen molar-refractivity contribution >= 4 is 10.9 Å². The fourth-order valence-electron chi connectivity index (χ4n) is 4.04. The van der Waals surface area contributed by atoms with Gasteiger partial charge in [-0.25, -0.2) is 0 Å². The second-order valence-corrected chi connectivity index (χ2v) is 7.05. The summed E-state index contributed by atoms with van der Waals surface area (Å²) in [6, 6.07) is 20.9. The van der Waals surface area contributed by atoms with Crippen LogP contribution in [0.2, 0.25) is 0 Å². The summed E-state index contributed by atoms with van der Waals surface area (Å²) in [4.78, 5) is 15.1. The number of rotatable bonds is 3. The zero-order valence-corrected chi connectivity index (χ0v) is 14.7. The molecule has 0 radical (unpaired) electrons. The van der Waals surface area contributed by atoms with E-state index < -0.39 is 0 Å². The van der Waals surface area contributed by atoms with Gasteiger partial charge < -0.3 is 4.57 Å². The average Bonchev–Trinajstić information content (AvgIpc) is 2.64. The smallest absolute Gasteiger partial charge is 0.251 e. The molecule has 0 atom stereocenters. The van der Waals surface area contributed by atoms with E-state index in [4.69, 9.17) is 0 Å². The molecule has 3 nitrogen and oxygen atoms in total. The SMILES string of the molecule is Cc1cccc2ccc(=O)n(C3CCN(Cc4ccccc4)CC3)c12. The predicted molar refractivity (Wildman–Crippen MR) is 103 cm³/mol. The first-order chi connectivity index (χ1) is 12.2. The van der Waals surface area contributed by atoms with Crippen LogP contribution in [0.4, 0.5) is 0 Å². The highest BCUT2D eigenvalue weighted by molar-refractivity contribution is 5.82.